The van der Waals surface area contributed by atoms with Gasteiger partial charge in [0.1, 0.15) is 11.5 Å². The van der Waals surface area contributed by atoms with Gasteiger partial charge in [-0.3, -0.25) is 4.79 Å². The average Bonchev–Trinajstić information content (AvgIpc) is 2.56. The number of carbonyl (C=O) groups is 2. The summed E-state index contributed by atoms with van der Waals surface area (Å²) in [7, 11) is 0. The number of Topliss-reactive ketones (excluding diaryl/α,β-unsaturated/α-hetero) is 1. The van der Waals surface area contributed by atoms with E-state index in [9.17, 15) is 9.59 Å². The summed E-state index contributed by atoms with van der Waals surface area (Å²) in [5, 5.41) is 9.45. The highest BCUT2D eigenvalue weighted by Gasteiger charge is 2.24. The van der Waals surface area contributed by atoms with Crippen LogP contribution in [0.15, 0.2) is 36.4 Å². The van der Waals surface area contributed by atoms with Crippen LogP contribution in [0.4, 0.5) is 0 Å². The molecule has 0 aromatic heterocycles. The van der Waals surface area contributed by atoms with Crippen LogP contribution in [0.1, 0.15) is 26.3 Å². The molecule has 1 aliphatic heterocycles. The summed E-state index contributed by atoms with van der Waals surface area (Å²) in [4.78, 5) is 23.2. The Morgan fingerprint density at radius 3 is 2.75 bits per heavy atom. The van der Waals surface area contributed by atoms with Gasteiger partial charge in [0.2, 0.25) is 0 Å². The second kappa shape index (κ2) is 4.65. The number of fused-ring (bicyclic) bond motifs is 2. The SMILES string of the molecule is O=C(O)c1ccc2c(c1)C(=O)Cc1c(Cl)cccc1O2. The lowest BCUT2D eigenvalue weighted by Crippen LogP contribution is -2.05. The summed E-state index contributed by atoms with van der Waals surface area (Å²) in [5.74, 6) is -0.427. The molecule has 0 bridgehead atoms. The lowest BCUT2D eigenvalue weighted by atomic mass is 10.0. The van der Waals surface area contributed by atoms with Crippen LogP contribution < -0.4 is 4.74 Å². The van der Waals surface area contributed by atoms with Gasteiger partial charge < -0.3 is 9.84 Å². The molecule has 0 atom stereocenters. The van der Waals surface area contributed by atoms with Crippen molar-refractivity contribution in [2.75, 3.05) is 0 Å². The molecule has 0 saturated carbocycles. The van der Waals surface area contributed by atoms with Crippen molar-refractivity contribution in [3.05, 3.63) is 58.1 Å². The first kappa shape index (κ1) is 12.7. The van der Waals surface area contributed by atoms with E-state index in [4.69, 9.17) is 21.4 Å². The standard InChI is InChI=1S/C15H9ClO4/c16-11-2-1-3-13-9(11)7-12(17)10-6-8(15(18)19)4-5-14(10)20-13/h1-6H,7H2,(H,18,19). The van der Waals surface area contributed by atoms with Crippen LogP contribution in [-0.4, -0.2) is 16.9 Å². The maximum Gasteiger partial charge on any atom is 0.335 e. The van der Waals surface area contributed by atoms with Gasteiger partial charge in [0.15, 0.2) is 5.78 Å². The molecule has 2 aromatic carbocycles. The Labute approximate surface area is 119 Å². The van der Waals surface area contributed by atoms with Crippen molar-refractivity contribution in [2.45, 2.75) is 6.42 Å². The number of halogens is 1. The third kappa shape index (κ3) is 2.04. The zero-order chi connectivity index (χ0) is 14.3. The van der Waals surface area contributed by atoms with Gasteiger partial charge in [0.05, 0.1) is 11.1 Å². The maximum absolute atomic E-state index is 12.3. The molecule has 0 fully saturated rings. The summed E-state index contributed by atoms with van der Waals surface area (Å²) < 4.78 is 5.69. The molecule has 2 aromatic rings. The van der Waals surface area contributed by atoms with Gasteiger partial charge in [0, 0.05) is 17.0 Å². The third-order valence-corrected chi connectivity index (χ3v) is 3.51. The van der Waals surface area contributed by atoms with Crippen LogP contribution in [0.3, 0.4) is 0 Å². The van der Waals surface area contributed by atoms with Gasteiger partial charge >= 0.3 is 5.97 Å². The van der Waals surface area contributed by atoms with Crippen LogP contribution in [0.25, 0.3) is 0 Å². The predicted octanol–water partition coefficient (Wildman–Crippen LogP) is 3.57. The lowest BCUT2D eigenvalue weighted by Gasteiger charge is -2.09. The summed E-state index contributed by atoms with van der Waals surface area (Å²) >= 11 is 6.08. The van der Waals surface area contributed by atoms with E-state index in [1.54, 1.807) is 18.2 Å². The van der Waals surface area contributed by atoms with Gasteiger partial charge in [-0.1, -0.05) is 17.7 Å². The first-order valence-electron chi connectivity index (χ1n) is 5.92. The smallest absolute Gasteiger partial charge is 0.335 e. The van der Waals surface area contributed by atoms with Gasteiger partial charge in [-0.2, -0.15) is 0 Å². The molecule has 0 saturated heterocycles. The van der Waals surface area contributed by atoms with E-state index >= 15 is 0 Å². The van der Waals surface area contributed by atoms with E-state index in [1.165, 1.54) is 18.2 Å². The van der Waals surface area contributed by atoms with Crippen molar-refractivity contribution in [2.24, 2.45) is 0 Å². The van der Waals surface area contributed by atoms with Crippen LogP contribution in [0.2, 0.25) is 5.02 Å². The fourth-order valence-corrected chi connectivity index (χ4v) is 2.38. The molecule has 4 nitrogen and oxygen atoms in total. The summed E-state index contributed by atoms with van der Waals surface area (Å²) in [6.07, 6.45) is 0.0884. The van der Waals surface area contributed by atoms with Gasteiger partial charge in [-0.05, 0) is 30.3 Å². The normalized spacial score (nSPS) is 12.9. The zero-order valence-electron chi connectivity index (χ0n) is 10.2. The molecular formula is C15H9ClO4. The number of benzene rings is 2. The highest BCUT2D eigenvalue weighted by atomic mass is 35.5. The fourth-order valence-electron chi connectivity index (χ4n) is 2.15. The molecule has 0 unspecified atom stereocenters. The van der Waals surface area contributed by atoms with Crippen molar-refractivity contribution >= 4 is 23.4 Å². The number of ketones is 1. The monoisotopic (exact) mass is 288 g/mol. The Morgan fingerprint density at radius 2 is 2.00 bits per heavy atom. The Bertz CT molecular complexity index is 737. The van der Waals surface area contributed by atoms with E-state index in [-0.39, 0.29) is 23.3 Å². The van der Waals surface area contributed by atoms with Crippen molar-refractivity contribution in [3.63, 3.8) is 0 Å². The predicted molar refractivity (Wildman–Crippen MR) is 73.0 cm³/mol. The first-order valence-corrected chi connectivity index (χ1v) is 6.30. The highest BCUT2D eigenvalue weighted by molar-refractivity contribution is 6.32. The number of aromatic carboxylic acids is 1. The van der Waals surface area contributed by atoms with Crippen molar-refractivity contribution in [1.29, 1.82) is 0 Å². The number of carboxylic acid groups (broad SMARTS) is 1. The largest absolute Gasteiger partial charge is 0.478 e. The Balaban J connectivity index is 2.15. The third-order valence-electron chi connectivity index (χ3n) is 3.16. The molecule has 1 N–H and O–H groups in total. The van der Waals surface area contributed by atoms with E-state index in [0.717, 1.165) is 0 Å². The highest BCUT2D eigenvalue weighted by Crippen LogP contribution is 2.37. The van der Waals surface area contributed by atoms with Crippen LogP contribution in [-0.2, 0) is 6.42 Å². The van der Waals surface area contributed by atoms with Crippen LogP contribution >= 0.6 is 11.6 Å². The van der Waals surface area contributed by atoms with E-state index < -0.39 is 5.97 Å². The average molecular weight is 289 g/mol. The van der Waals surface area contributed by atoms with E-state index in [0.29, 0.717) is 22.1 Å². The molecule has 5 heteroatoms. The van der Waals surface area contributed by atoms with Gasteiger partial charge in [-0.15, -0.1) is 0 Å². The fraction of sp³-hybridized carbons (Fsp3) is 0.0667. The molecule has 0 amide bonds. The maximum atomic E-state index is 12.3. The number of rotatable bonds is 1. The summed E-state index contributed by atoms with van der Waals surface area (Å²) in [6.45, 7) is 0. The topological polar surface area (TPSA) is 63.6 Å². The molecule has 20 heavy (non-hydrogen) atoms. The summed E-state index contributed by atoms with van der Waals surface area (Å²) in [5.41, 5.74) is 0.933. The number of carboxylic acids is 1. The number of carbonyl (C=O) groups excluding carboxylic acids is 1. The van der Waals surface area contributed by atoms with E-state index in [2.05, 4.69) is 0 Å². The minimum absolute atomic E-state index is 0.0535. The quantitative estimate of drug-likeness (QED) is 0.871. The Morgan fingerprint density at radius 1 is 1.20 bits per heavy atom. The van der Waals surface area contributed by atoms with Crippen molar-refractivity contribution < 1.29 is 19.4 Å². The van der Waals surface area contributed by atoms with Gasteiger partial charge in [-0.25, -0.2) is 4.79 Å². The number of ether oxygens (including phenoxy) is 1. The Kier molecular flexibility index (Phi) is 2.95. The van der Waals surface area contributed by atoms with Crippen LogP contribution in [0, 0.1) is 0 Å². The summed E-state index contributed by atoms with van der Waals surface area (Å²) in [6, 6.07) is 9.39. The molecule has 100 valence electrons. The second-order valence-electron chi connectivity index (χ2n) is 4.43. The molecule has 0 aliphatic carbocycles. The Hall–Kier alpha value is -2.33. The first-order chi connectivity index (χ1) is 9.56. The van der Waals surface area contributed by atoms with Crippen molar-refractivity contribution in [3.8, 4) is 11.5 Å². The number of hydrogen-bond donors (Lipinski definition) is 1. The van der Waals surface area contributed by atoms with Crippen molar-refractivity contribution in [1.82, 2.24) is 0 Å². The minimum Gasteiger partial charge on any atom is -0.478 e. The van der Waals surface area contributed by atoms with Gasteiger partial charge in [0.25, 0.3) is 0 Å². The van der Waals surface area contributed by atoms with Crippen LogP contribution in [0.5, 0.6) is 11.5 Å². The minimum atomic E-state index is -1.08. The van der Waals surface area contributed by atoms with E-state index in [1.807, 2.05) is 0 Å². The molecule has 0 spiro atoms. The number of hydrogen-bond acceptors (Lipinski definition) is 3. The zero-order valence-corrected chi connectivity index (χ0v) is 11.0. The second-order valence-corrected chi connectivity index (χ2v) is 4.84. The molecule has 0 radical (unpaired) electrons. The molecular weight excluding hydrogens is 280 g/mol. The lowest BCUT2D eigenvalue weighted by molar-refractivity contribution is 0.0697. The molecule has 1 aliphatic rings. The molecule has 3 rings (SSSR count). The molecule has 1 heterocycles.